The Hall–Kier alpha value is -0.700. The molecule has 0 bridgehead atoms. The molecule has 21 heavy (non-hydrogen) atoms. The van der Waals surface area contributed by atoms with Crippen molar-refractivity contribution in [2.24, 2.45) is 5.92 Å². The van der Waals surface area contributed by atoms with Crippen LogP contribution in [-0.2, 0) is 4.79 Å². The van der Waals surface area contributed by atoms with Gasteiger partial charge in [0.15, 0.2) is 0 Å². The van der Waals surface area contributed by atoms with Crippen molar-refractivity contribution in [3.05, 3.63) is 0 Å². The quantitative estimate of drug-likeness (QED) is 0.741. The molecule has 2 N–H and O–H groups in total. The van der Waals surface area contributed by atoms with Crippen LogP contribution >= 0.6 is 23.3 Å². The number of nitrogens with zero attached hydrogens (tertiary/aromatic N) is 3. The van der Waals surface area contributed by atoms with E-state index in [-0.39, 0.29) is 17.9 Å². The number of carbonyl (C=O) groups excluding carboxylic acids is 1. The first kappa shape index (κ1) is 16.7. The number of hydrogen-bond donors (Lipinski definition) is 2. The fraction of sp³-hybridized carbons (Fsp3) is 0.769. The molecule has 0 aliphatic carbocycles. The fourth-order valence-electron chi connectivity index (χ4n) is 2.27. The second kappa shape index (κ2) is 8.07. The molecule has 0 radical (unpaired) electrons. The van der Waals surface area contributed by atoms with Crippen LogP contribution in [0.4, 0.5) is 5.13 Å². The van der Waals surface area contributed by atoms with E-state index in [1.54, 1.807) is 11.8 Å². The third kappa shape index (κ3) is 5.21. The molecule has 8 heteroatoms. The van der Waals surface area contributed by atoms with E-state index in [0.29, 0.717) is 11.7 Å². The standard InChI is InChI=1S/C13H22N4O2S2/c1-3-6-20-13-15-12(21-16-13)14-11(19)8-17-5-4-10(7-17)9(2)18/h9-10,18H,3-8H2,1-2H3,(H,14,15,16,19). The maximum atomic E-state index is 12.0. The van der Waals surface area contributed by atoms with Gasteiger partial charge in [0.2, 0.25) is 16.2 Å². The summed E-state index contributed by atoms with van der Waals surface area (Å²) in [5.74, 6) is 1.19. The van der Waals surface area contributed by atoms with Gasteiger partial charge in [-0.15, -0.1) is 0 Å². The van der Waals surface area contributed by atoms with Crippen molar-refractivity contribution >= 4 is 34.3 Å². The van der Waals surface area contributed by atoms with Crippen LogP contribution in [0.3, 0.4) is 0 Å². The zero-order valence-electron chi connectivity index (χ0n) is 12.4. The molecule has 118 valence electrons. The fourth-order valence-corrected chi connectivity index (χ4v) is 3.69. The smallest absolute Gasteiger partial charge is 0.240 e. The number of likely N-dealkylation sites (tertiary alicyclic amines) is 1. The maximum absolute atomic E-state index is 12.0. The topological polar surface area (TPSA) is 78.4 Å². The van der Waals surface area contributed by atoms with Crippen molar-refractivity contribution in [1.29, 1.82) is 0 Å². The van der Waals surface area contributed by atoms with Gasteiger partial charge in [0.05, 0.1) is 12.6 Å². The third-order valence-electron chi connectivity index (χ3n) is 3.45. The largest absolute Gasteiger partial charge is 0.393 e. The van der Waals surface area contributed by atoms with Crippen molar-refractivity contribution in [2.75, 3.05) is 30.7 Å². The highest BCUT2D eigenvalue weighted by Gasteiger charge is 2.27. The molecule has 2 heterocycles. The monoisotopic (exact) mass is 330 g/mol. The number of rotatable bonds is 7. The molecule has 0 aromatic carbocycles. The van der Waals surface area contributed by atoms with Gasteiger partial charge in [-0.1, -0.05) is 18.7 Å². The lowest BCUT2D eigenvalue weighted by Crippen LogP contribution is -2.32. The predicted molar refractivity (Wildman–Crippen MR) is 85.8 cm³/mol. The molecular weight excluding hydrogens is 308 g/mol. The predicted octanol–water partition coefficient (Wildman–Crippen LogP) is 1.68. The van der Waals surface area contributed by atoms with E-state index in [0.717, 1.165) is 36.8 Å². The minimum absolute atomic E-state index is 0.0653. The summed E-state index contributed by atoms with van der Waals surface area (Å²) in [7, 11) is 0. The van der Waals surface area contributed by atoms with Crippen molar-refractivity contribution < 1.29 is 9.90 Å². The van der Waals surface area contributed by atoms with Crippen LogP contribution in [0.2, 0.25) is 0 Å². The number of nitrogens with one attached hydrogen (secondary N) is 1. The van der Waals surface area contributed by atoms with E-state index in [4.69, 9.17) is 0 Å². The Bertz CT molecular complexity index is 467. The van der Waals surface area contributed by atoms with E-state index in [1.807, 2.05) is 6.92 Å². The molecule has 6 nitrogen and oxygen atoms in total. The van der Waals surface area contributed by atoms with Crippen LogP contribution < -0.4 is 5.32 Å². The number of aliphatic hydroxyl groups is 1. The zero-order valence-corrected chi connectivity index (χ0v) is 14.0. The van der Waals surface area contributed by atoms with Crippen molar-refractivity contribution in [1.82, 2.24) is 14.3 Å². The minimum atomic E-state index is -0.306. The lowest BCUT2D eigenvalue weighted by atomic mass is 10.0. The van der Waals surface area contributed by atoms with Gasteiger partial charge in [-0.2, -0.15) is 9.36 Å². The first-order valence-corrected chi connectivity index (χ1v) is 9.01. The van der Waals surface area contributed by atoms with Crippen LogP contribution in [0.1, 0.15) is 26.7 Å². The molecule has 2 atom stereocenters. The van der Waals surface area contributed by atoms with Crippen molar-refractivity contribution in [3.63, 3.8) is 0 Å². The van der Waals surface area contributed by atoms with E-state index in [2.05, 4.69) is 26.5 Å². The van der Waals surface area contributed by atoms with Gasteiger partial charge in [0, 0.05) is 23.8 Å². The number of anilines is 1. The van der Waals surface area contributed by atoms with Crippen LogP contribution in [0.15, 0.2) is 5.16 Å². The van der Waals surface area contributed by atoms with Crippen LogP contribution in [0, 0.1) is 5.92 Å². The summed E-state index contributed by atoms with van der Waals surface area (Å²) < 4.78 is 4.21. The number of carbonyl (C=O) groups is 1. The van der Waals surface area contributed by atoms with E-state index in [9.17, 15) is 9.90 Å². The molecule has 1 aromatic rings. The third-order valence-corrected chi connectivity index (χ3v) is 5.25. The molecule has 1 aromatic heterocycles. The van der Waals surface area contributed by atoms with Crippen molar-refractivity contribution in [3.8, 4) is 0 Å². The Morgan fingerprint density at radius 2 is 2.48 bits per heavy atom. The SMILES string of the molecule is CCCSc1nsc(NC(=O)CN2CCC(C(C)O)C2)n1. The maximum Gasteiger partial charge on any atom is 0.240 e. The van der Waals surface area contributed by atoms with Gasteiger partial charge in [0.25, 0.3) is 0 Å². The normalized spacial score (nSPS) is 20.6. The average Bonchev–Trinajstić information content (AvgIpc) is 3.06. The number of amides is 1. The van der Waals surface area contributed by atoms with Gasteiger partial charge >= 0.3 is 0 Å². The van der Waals surface area contributed by atoms with Gasteiger partial charge in [-0.05, 0) is 32.2 Å². The molecule has 1 saturated heterocycles. The summed E-state index contributed by atoms with van der Waals surface area (Å²) in [4.78, 5) is 18.3. The minimum Gasteiger partial charge on any atom is -0.393 e. The first-order valence-electron chi connectivity index (χ1n) is 7.25. The van der Waals surface area contributed by atoms with Gasteiger partial charge in [-0.3, -0.25) is 15.0 Å². The first-order chi connectivity index (χ1) is 10.1. The second-order valence-electron chi connectivity index (χ2n) is 5.30. The highest BCUT2D eigenvalue weighted by Crippen LogP contribution is 2.21. The molecule has 1 aliphatic rings. The molecule has 1 aliphatic heterocycles. The van der Waals surface area contributed by atoms with E-state index < -0.39 is 0 Å². The number of thioether (sulfide) groups is 1. The molecule has 0 saturated carbocycles. The lowest BCUT2D eigenvalue weighted by molar-refractivity contribution is -0.117. The van der Waals surface area contributed by atoms with Crippen molar-refractivity contribution in [2.45, 2.75) is 37.9 Å². The Balaban J connectivity index is 1.76. The Labute approximate surface area is 133 Å². The molecule has 1 amide bonds. The van der Waals surface area contributed by atoms with Gasteiger partial charge in [-0.25, -0.2) is 0 Å². The number of hydrogen-bond acceptors (Lipinski definition) is 7. The molecular formula is C13H22N4O2S2. The summed E-state index contributed by atoms with van der Waals surface area (Å²) in [5, 5.41) is 13.7. The molecule has 1 fully saturated rings. The Morgan fingerprint density at radius 3 is 3.14 bits per heavy atom. The van der Waals surface area contributed by atoms with Gasteiger partial charge < -0.3 is 5.11 Å². The van der Waals surface area contributed by atoms with E-state index in [1.165, 1.54) is 11.5 Å². The summed E-state index contributed by atoms with van der Waals surface area (Å²) in [6, 6.07) is 0. The van der Waals surface area contributed by atoms with Gasteiger partial charge in [0.1, 0.15) is 0 Å². The number of aromatic nitrogens is 2. The van der Waals surface area contributed by atoms with E-state index >= 15 is 0 Å². The number of aliphatic hydroxyl groups excluding tert-OH is 1. The molecule has 0 spiro atoms. The molecule has 2 unspecified atom stereocenters. The lowest BCUT2D eigenvalue weighted by Gasteiger charge is -2.16. The summed E-state index contributed by atoms with van der Waals surface area (Å²) >= 11 is 2.82. The molecule has 2 rings (SSSR count). The summed E-state index contributed by atoms with van der Waals surface area (Å²) in [6.07, 6.45) is 1.71. The van der Waals surface area contributed by atoms with Crippen LogP contribution in [-0.4, -0.2) is 56.8 Å². The second-order valence-corrected chi connectivity index (χ2v) is 7.12. The summed E-state index contributed by atoms with van der Waals surface area (Å²) in [6.45, 7) is 5.90. The Morgan fingerprint density at radius 1 is 1.67 bits per heavy atom. The highest BCUT2D eigenvalue weighted by molar-refractivity contribution is 7.99. The average molecular weight is 330 g/mol. The zero-order chi connectivity index (χ0) is 15.2. The van der Waals surface area contributed by atoms with Crippen LogP contribution in [0.25, 0.3) is 0 Å². The van der Waals surface area contributed by atoms with Crippen LogP contribution in [0.5, 0.6) is 0 Å². The highest BCUT2D eigenvalue weighted by atomic mass is 32.2. The summed E-state index contributed by atoms with van der Waals surface area (Å²) in [5.41, 5.74) is 0. The Kier molecular flexibility index (Phi) is 6.40.